The van der Waals surface area contributed by atoms with Gasteiger partial charge in [0.15, 0.2) is 0 Å². The first-order valence-corrected chi connectivity index (χ1v) is 7.67. The van der Waals surface area contributed by atoms with Gasteiger partial charge < -0.3 is 0 Å². The average molecular weight is 293 g/mol. The van der Waals surface area contributed by atoms with E-state index in [1.165, 1.54) is 0 Å². The average Bonchev–Trinajstić information content (AvgIpc) is 2.44. The maximum atomic E-state index is 10.9. The Morgan fingerprint density at radius 1 is 1.00 bits per heavy atom. The smallest absolute Gasteiger partial charge is 0.289 e. The molecule has 0 radical (unpaired) electrons. The van der Waals surface area contributed by atoms with Crippen molar-refractivity contribution in [2.75, 3.05) is 0 Å². The van der Waals surface area contributed by atoms with E-state index in [0.29, 0.717) is 0 Å². The zero-order valence-electron chi connectivity index (χ0n) is 14.2. The molecule has 0 unspecified atom stereocenters. The van der Waals surface area contributed by atoms with Gasteiger partial charge in [0.2, 0.25) is 0 Å². The molecule has 21 heavy (non-hydrogen) atoms. The number of hydrogen-bond acceptors (Lipinski definition) is 2. The van der Waals surface area contributed by atoms with Crippen LogP contribution in [0.4, 0.5) is 5.69 Å². The van der Waals surface area contributed by atoms with Crippen LogP contribution in [-0.4, -0.2) is 26.1 Å². The highest BCUT2D eigenvalue weighted by molar-refractivity contribution is 5.32. The van der Waals surface area contributed by atoms with Gasteiger partial charge in [-0.25, -0.2) is 5.21 Å². The lowest BCUT2D eigenvalue weighted by Crippen LogP contribution is -2.54. The molecule has 118 valence electrons. The molecule has 0 aliphatic heterocycles. The van der Waals surface area contributed by atoms with Gasteiger partial charge in [-0.2, -0.15) is 0 Å². The number of rotatable bonds is 7. The normalized spacial score (nSPS) is 12.7. The molecule has 1 rings (SSSR count). The minimum absolute atomic E-state index is 0.0970. The Morgan fingerprint density at radius 2 is 1.43 bits per heavy atom. The lowest BCUT2D eigenvalue weighted by molar-refractivity contribution is -0.729. The lowest BCUT2D eigenvalue weighted by Gasteiger charge is -2.48. The summed E-state index contributed by atoms with van der Waals surface area (Å²) in [5, 5.41) is 8.90. The molecule has 1 aromatic carbocycles. The van der Waals surface area contributed by atoms with E-state index in [1.807, 2.05) is 12.1 Å². The van der Waals surface area contributed by atoms with Crippen molar-refractivity contribution in [1.82, 2.24) is 4.90 Å². The Balaban J connectivity index is 3.04. The Morgan fingerprint density at radius 3 is 1.76 bits per heavy atom. The molecule has 0 saturated carbocycles. The monoisotopic (exact) mass is 293 g/mol. The third kappa shape index (κ3) is 4.27. The molecule has 0 atom stereocenters. The van der Waals surface area contributed by atoms with Crippen molar-refractivity contribution in [1.29, 1.82) is 0 Å². The molecule has 4 nitrogen and oxygen atoms in total. The van der Waals surface area contributed by atoms with E-state index < -0.39 is 0 Å². The molecule has 0 heterocycles. The molecule has 0 spiro atoms. The van der Waals surface area contributed by atoms with Crippen molar-refractivity contribution in [3.8, 4) is 0 Å². The molecule has 0 aliphatic rings. The molecule has 1 N–H and O–H groups in total. The van der Waals surface area contributed by atoms with Crippen LogP contribution >= 0.6 is 0 Å². The Hall–Kier alpha value is -1.42. The summed E-state index contributed by atoms with van der Waals surface area (Å²) in [5.74, 6) is 0. The number of hydrogen-bond donors (Lipinski definition) is 1. The van der Waals surface area contributed by atoms with Crippen molar-refractivity contribution in [2.24, 2.45) is 0 Å². The van der Waals surface area contributed by atoms with E-state index in [4.69, 9.17) is 5.21 Å². The van der Waals surface area contributed by atoms with E-state index in [0.717, 1.165) is 24.9 Å². The van der Waals surface area contributed by atoms with Gasteiger partial charge in [0.25, 0.3) is 4.92 Å². The molecule has 0 saturated heterocycles. The highest BCUT2D eigenvalue weighted by atomic mass is 16.6. The Kier molecular flexibility index (Phi) is 5.51. The van der Waals surface area contributed by atoms with Crippen LogP contribution in [0, 0.1) is 4.91 Å². The van der Waals surface area contributed by atoms with Crippen LogP contribution in [0.25, 0.3) is 0 Å². The molecule has 0 aromatic heterocycles. The minimum Gasteiger partial charge on any atom is -0.289 e. The third-order valence-corrected chi connectivity index (χ3v) is 4.69. The minimum atomic E-state index is -0.104. The van der Waals surface area contributed by atoms with Gasteiger partial charge in [0, 0.05) is 29.8 Å². The first kappa shape index (κ1) is 17.6. The Bertz CT molecular complexity index is 462. The van der Waals surface area contributed by atoms with Crippen LogP contribution < -0.4 is 0 Å². The second-order valence-electron chi connectivity index (χ2n) is 6.86. The molecular formula is C17H29N2O2+. The van der Waals surface area contributed by atoms with E-state index >= 15 is 0 Å². The fraction of sp³-hybridized carbons (Fsp3) is 0.647. The summed E-state index contributed by atoms with van der Waals surface area (Å²) in [4.78, 5) is 13.3. The number of nitrogens with zero attached hydrogens (tertiary/aromatic N) is 2. The fourth-order valence-electron chi connectivity index (χ4n) is 2.54. The van der Waals surface area contributed by atoms with Crippen LogP contribution in [0.15, 0.2) is 24.3 Å². The molecular weight excluding hydrogens is 264 g/mol. The fourth-order valence-corrected chi connectivity index (χ4v) is 2.54. The summed E-state index contributed by atoms with van der Waals surface area (Å²) >= 11 is 0. The number of benzene rings is 1. The van der Waals surface area contributed by atoms with E-state index in [1.54, 1.807) is 12.1 Å². The van der Waals surface area contributed by atoms with Gasteiger partial charge in [0.05, 0.1) is 4.91 Å². The summed E-state index contributed by atoms with van der Waals surface area (Å²) in [6.07, 6.45) is 2.14. The van der Waals surface area contributed by atoms with Gasteiger partial charge in [-0.3, -0.25) is 4.90 Å². The summed E-state index contributed by atoms with van der Waals surface area (Å²) < 4.78 is 0. The molecule has 0 fully saturated rings. The summed E-state index contributed by atoms with van der Waals surface area (Å²) in [5.41, 5.74) is 1.60. The quantitative estimate of drug-likeness (QED) is 0.743. The van der Waals surface area contributed by atoms with Gasteiger partial charge in [0.1, 0.15) is 0 Å². The second kappa shape index (κ2) is 6.56. The first-order valence-electron chi connectivity index (χ1n) is 7.67. The zero-order valence-corrected chi connectivity index (χ0v) is 14.2. The van der Waals surface area contributed by atoms with E-state index in [2.05, 4.69) is 46.4 Å². The zero-order chi connectivity index (χ0) is 16.3. The molecule has 1 aromatic rings. The summed E-state index contributed by atoms with van der Waals surface area (Å²) in [6.45, 7) is 14.3. The van der Waals surface area contributed by atoms with Crippen LogP contribution in [0.1, 0.15) is 59.9 Å². The molecule has 0 aliphatic carbocycles. The van der Waals surface area contributed by atoms with Crippen LogP contribution in [0.3, 0.4) is 0 Å². The summed E-state index contributed by atoms with van der Waals surface area (Å²) in [7, 11) is 0. The van der Waals surface area contributed by atoms with Gasteiger partial charge >= 0.3 is 5.69 Å². The Labute approximate surface area is 128 Å². The largest absolute Gasteiger partial charge is 0.316 e. The van der Waals surface area contributed by atoms with Crippen molar-refractivity contribution in [2.45, 2.75) is 72.0 Å². The summed E-state index contributed by atoms with van der Waals surface area (Å²) in [6, 6.07) is 7.11. The predicted octanol–water partition coefficient (Wildman–Crippen LogP) is 4.67. The van der Waals surface area contributed by atoms with Crippen molar-refractivity contribution < 1.29 is 10.1 Å². The standard InChI is InChI=1S/C17H29N2O2/c1-7-16(3,4)18(17(5,6)8-2)13-14-9-11-15(12-10-14)19(20)21/h9-12H,7-8,13H2,1-6H3,(H,20,21)/q+1. The first-order chi connectivity index (χ1) is 9.64. The molecule has 0 amide bonds. The maximum Gasteiger partial charge on any atom is 0.316 e. The van der Waals surface area contributed by atoms with Crippen molar-refractivity contribution >= 4 is 5.69 Å². The topological polar surface area (TPSA) is 43.5 Å². The van der Waals surface area contributed by atoms with Crippen LogP contribution in [0.5, 0.6) is 0 Å². The molecule has 4 heteroatoms. The van der Waals surface area contributed by atoms with Gasteiger partial charge in [-0.1, -0.05) is 26.0 Å². The highest BCUT2D eigenvalue weighted by Crippen LogP contribution is 2.32. The lowest BCUT2D eigenvalue weighted by atomic mass is 9.88. The van der Waals surface area contributed by atoms with Crippen LogP contribution in [-0.2, 0) is 6.54 Å². The predicted molar refractivity (Wildman–Crippen MR) is 85.8 cm³/mol. The maximum absolute atomic E-state index is 10.9. The van der Waals surface area contributed by atoms with Crippen molar-refractivity contribution in [3.63, 3.8) is 0 Å². The van der Waals surface area contributed by atoms with Gasteiger partial charge in [-0.05, 0) is 46.1 Å². The van der Waals surface area contributed by atoms with Crippen molar-refractivity contribution in [3.05, 3.63) is 34.7 Å². The second-order valence-corrected chi connectivity index (χ2v) is 6.86. The third-order valence-electron chi connectivity index (χ3n) is 4.69. The molecule has 0 bridgehead atoms. The van der Waals surface area contributed by atoms with E-state index in [9.17, 15) is 4.91 Å². The van der Waals surface area contributed by atoms with Gasteiger partial charge in [-0.15, -0.1) is 0 Å². The van der Waals surface area contributed by atoms with E-state index in [-0.39, 0.29) is 21.7 Å². The van der Waals surface area contributed by atoms with Crippen LogP contribution in [0.2, 0.25) is 0 Å². The SMILES string of the molecule is CCC(C)(C)N(Cc1ccc([N+](=O)O)cc1)C(C)(C)CC. The highest BCUT2D eigenvalue weighted by Gasteiger charge is 2.35.